The maximum absolute atomic E-state index is 13.8. The minimum atomic E-state index is -3.83. The van der Waals surface area contributed by atoms with Crippen molar-refractivity contribution < 1.29 is 12.6 Å². The molecule has 0 saturated carbocycles. The van der Waals surface area contributed by atoms with Crippen molar-refractivity contribution in [3.63, 3.8) is 0 Å². The van der Waals surface area contributed by atoms with Crippen LogP contribution in [0.5, 0.6) is 0 Å². The number of sulfonamides is 1. The number of halogens is 1. The van der Waals surface area contributed by atoms with Crippen molar-refractivity contribution in [2.45, 2.75) is 33.4 Å². The quantitative estimate of drug-likeness (QED) is 0.612. The SMILES string of the molecule is CCC(N)c1cc(S(=O)(=NS(C)(=O)=O)c2cccc(Br)c2)c(SC)s1. The average Bonchev–Trinajstić information content (AvgIpc) is 2.97. The molecule has 2 N–H and O–H groups in total. The molecule has 0 radical (unpaired) electrons. The molecule has 0 spiro atoms. The molecular formula is C15H19BrN2O3S4. The number of nitrogens with two attached hydrogens (primary N) is 1. The van der Waals surface area contributed by atoms with Crippen LogP contribution in [0.25, 0.3) is 0 Å². The van der Waals surface area contributed by atoms with Gasteiger partial charge in [0.05, 0.1) is 20.3 Å². The number of thiophene rings is 1. The predicted octanol–water partition coefficient (Wildman–Crippen LogP) is 4.49. The fourth-order valence-corrected chi connectivity index (χ4v) is 9.07. The third-order valence-corrected chi connectivity index (χ3v) is 10.2. The van der Waals surface area contributed by atoms with E-state index in [1.165, 1.54) is 23.1 Å². The Morgan fingerprint density at radius 1 is 1.32 bits per heavy atom. The molecular weight excluding hydrogens is 464 g/mol. The van der Waals surface area contributed by atoms with E-state index in [9.17, 15) is 12.6 Å². The van der Waals surface area contributed by atoms with Gasteiger partial charge in [-0.1, -0.05) is 28.9 Å². The molecule has 10 heteroatoms. The molecule has 2 rings (SSSR count). The lowest BCUT2D eigenvalue weighted by Gasteiger charge is -2.11. The summed E-state index contributed by atoms with van der Waals surface area (Å²) in [5.74, 6) is 0. The summed E-state index contributed by atoms with van der Waals surface area (Å²) in [4.78, 5) is 1.62. The molecule has 1 aromatic heterocycles. The van der Waals surface area contributed by atoms with Crippen LogP contribution in [0.1, 0.15) is 24.3 Å². The second-order valence-corrected chi connectivity index (χ2v) is 12.4. The van der Waals surface area contributed by atoms with Crippen LogP contribution in [-0.2, 0) is 19.8 Å². The van der Waals surface area contributed by atoms with Gasteiger partial charge in [0.1, 0.15) is 9.73 Å². The minimum absolute atomic E-state index is 0.186. The molecule has 0 amide bonds. The van der Waals surface area contributed by atoms with Crippen LogP contribution in [0, 0.1) is 0 Å². The van der Waals surface area contributed by atoms with Gasteiger partial charge < -0.3 is 5.73 Å². The fraction of sp³-hybridized carbons (Fsp3) is 0.333. The largest absolute Gasteiger partial charge is 0.323 e. The fourth-order valence-electron chi connectivity index (χ4n) is 2.13. The van der Waals surface area contributed by atoms with E-state index in [1.807, 2.05) is 13.2 Å². The highest BCUT2D eigenvalue weighted by atomic mass is 79.9. The average molecular weight is 484 g/mol. The van der Waals surface area contributed by atoms with Crippen LogP contribution in [0.4, 0.5) is 0 Å². The Bertz CT molecular complexity index is 992. The zero-order chi connectivity index (χ0) is 18.8. The molecule has 0 aliphatic rings. The first-order valence-electron chi connectivity index (χ1n) is 7.28. The summed E-state index contributed by atoms with van der Waals surface area (Å²) in [6, 6.07) is 8.31. The molecule has 25 heavy (non-hydrogen) atoms. The zero-order valence-corrected chi connectivity index (χ0v) is 18.8. The highest BCUT2D eigenvalue weighted by molar-refractivity contribution is 9.10. The molecule has 5 nitrogen and oxygen atoms in total. The van der Waals surface area contributed by atoms with Crippen LogP contribution in [-0.4, -0.2) is 25.1 Å². The molecule has 0 aliphatic carbocycles. The van der Waals surface area contributed by atoms with Crippen molar-refractivity contribution in [2.24, 2.45) is 9.50 Å². The lowest BCUT2D eigenvalue weighted by Crippen LogP contribution is -2.08. The van der Waals surface area contributed by atoms with Crippen molar-refractivity contribution in [3.8, 4) is 0 Å². The van der Waals surface area contributed by atoms with Gasteiger partial charge >= 0.3 is 0 Å². The van der Waals surface area contributed by atoms with E-state index < -0.39 is 19.8 Å². The van der Waals surface area contributed by atoms with Gasteiger partial charge in [0.15, 0.2) is 0 Å². The maximum atomic E-state index is 13.8. The monoisotopic (exact) mass is 482 g/mol. The Balaban J connectivity index is 2.85. The van der Waals surface area contributed by atoms with E-state index in [0.29, 0.717) is 14.3 Å². The van der Waals surface area contributed by atoms with E-state index in [4.69, 9.17) is 5.73 Å². The Labute approximate surface area is 165 Å². The number of hydrogen-bond acceptors (Lipinski definition) is 6. The first-order valence-corrected chi connectivity index (χ1v) is 13.5. The van der Waals surface area contributed by atoms with Crippen molar-refractivity contribution in [1.29, 1.82) is 0 Å². The van der Waals surface area contributed by atoms with Crippen molar-refractivity contribution >= 4 is 58.8 Å². The van der Waals surface area contributed by atoms with Gasteiger partial charge in [-0.15, -0.1) is 26.9 Å². The van der Waals surface area contributed by atoms with Gasteiger partial charge in [0.2, 0.25) is 0 Å². The number of nitrogens with zero attached hydrogens (tertiary/aromatic N) is 1. The smallest absolute Gasteiger partial charge is 0.258 e. The van der Waals surface area contributed by atoms with Gasteiger partial charge in [-0.25, -0.2) is 12.6 Å². The Hall–Kier alpha value is -0.390. The second-order valence-electron chi connectivity index (χ2n) is 5.31. The lowest BCUT2D eigenvalue weighted by molar-refractivity contribution is 0.603. The highest BCUT2D eigenvalue weighted by Crippen LogP contribution is 2.40. The number of benzene rings is 1. The summed E-state index contributed by atoms with van der Waals surface area (Å²) in [6.07, 6.45) is 3.54. The number of hydrogen-bond donors (Lipinski definition) is 1. The molecule has 1 aromatic carbocycles. The molecule has 2 atom stereocenters. The van der Waals surface area contributed by atoms with E-state index in [1.54, 1.807) is 30.3 Å². The highest BCUT2D eigenvalue weighted by Gasteiger charge is 2.26. The maximum Gasteiger partial charge on any atom is 0.258 e. The Kier molecular flexibility index (Phi) is 6.77. The molecule has 2 aromatic rings. The molecule has 0 fully saturated rings. The summed E-state index contributed by atoms with van der Waals surface area (Å²) in [5.41, 5.74) is 6.12. The number of thioether (sulfide) groups is 1. The molecule has 138 valence electrons. The summed E-state index contributed by atoms with van der Waals surface area (Å²) in [7, 11) is -7.18. The second kappa shape index (κ2) is 8.10. The van der Waals surface area contributed by atoms with Gasteiger partial charge in [0.25, 0.3) is 10.0 Å². The van der Waals surface area contributed by atoms with Crippen LogP contribution >= 0.6 is 39.0 Å². The van der Waals surface area contributed by atoms with Crippen LogP contribution in [0.3, 0.4) is 0 Å². The Morgan fingerprint density at radius 2 is 2.00 bits per heavy atom. The standard InChI is InChI=1S/C15H19BrN2O3S4/c1-4-12(17)13-9-14(15(22-2)23-13)25(21,18-24(3,19)20)11-7-5-6-10(16)8-11/h5-9,12H,4,17H2,1-3H3. The normalized spacial score (nSPS) is 15.6. The number of rotatable bonds is 6. The van der Waals surface area contributed by atoms with Crippen molar-refractivity contribution in [1.82, 2.24) is 0 Å². The van der Waals surface area contributed by atoms with E-state index in [-0.39, 0.29) is 6.04 Å². The minimum Gasteiger partial charge on any atom is -0.323 e. The van der Waals surface area contributed by atoms with Crippen LogP contribution in [0.15, 0.2) is 52.6 Å². The van der Waals surface area contributed by atoms with Crippen molar-refractivity contribution in [3.05, 3.63) is 39.7 Å². The molecule has 0 bridgehead atoms. The van der Waals surface area contributed by atoms with E-state index >= 15 is 0 Å². The summed E-state index contributed by atoms with van der Waals surface area (Å²) in [5, 5.41) is 0. The van der Waals surface area contributed by atoms with Crippen LogP contribution in [0.2, 0.25) is 0 Å². The summed E-state index contributed by atoms with van der Waals surface area (Å²) in [6.45, 7) is 1.97. The zero-order valence-electron chi connectivity index (χ0n) is 13.9. The lowest BCUT2D eigenvalue weighted by atomic mass is 10.2. The first kappa shape index (κ1) is 20.9. The van der Waals surface area contributed by atoms with Gasteiger partial charge in [-0.3, -0.25) is 0 Å². The third kappa shape index (κ3) is 4.86. The molecule has 0 aliphatic heterocycles. The summed E-state index contributed by atoms with van der Waals surface area (Å²) >= 11 is 6.19. The molecule has 1 heterocycles. The summed E-state index contributed by atoms with van der Waals surface area (Å²) < 4.78 is 42.8. The van der Waals surface area contributed by atoms with Gasteiger partial charge in [-0.05, 0) is 36.9 Å². The van der Waals surface area contributed by atoms with Gasteiger partial charge in [0, 0.05) is 15.4 Å². The predicted molar refractivity (Wildman–Crippen MR) is 109 cm³/mol. The van der Waals surface area contributed by atoms with Crippen molar-refractivity contribution in [2.75, 3.05) is 12.5 Å². The Morgan fingerprint density at radius 3 is 2.52 bits per heavy atom. The van der Waals surface area contributed by atoms with Crippen LogP contribution < -0.4 is 5.73 Å². The molecule has 2 unspecified atom stereocenters. The first-order chi connectivity index (χ1) is 11.6. The topological polar surface area (TPSA) is 89.6 Å². The molecule has 0 saturated heterocycles. The van der Waals surface area contributed by atoms with Gasteiger partial charge in [-0.2, -0.15) is 0 Å². The third-order valence-electron chi connectivity index (χ3n) is 3.33. The van der Waals surface area contributed by atoms with E-state index in [2.05, 4.69) is 19.7 Å². The van der Waals surface area contributed by atoms with E-state index in [0.717, 1.165) is 21.8 Å².